The molecule has 0 aliphatic rings. The average Bonchev–Trinajstić information content (AvgIpc) is 2.78. The number of carbonyl (C=O) groups excluding carboxylic acids is 1. The predicted molar refractivity (Wildman–Crippen MR) is 79.1 cm³/mol. The number of aromatic nitrogens is 2. The molecule has 0 saturated heterocycles. The van der Waals surface area contributed by atoms with E-state index in [4.69, 9.17) is 5.73 Å². The average molecular weight is 295 g/mol. The summed E-state index contributed by atoms with van der Waals surface area (Å²) in [7, 11) is 0. The third-order valence-electron chi connectivity index (χ3n) is 3.08. The minimum absolute atomic E-state index is 0.0135. The number of aryl methyl sites for hydroxylation is 1. The third-order valence-corrected chi connectivity index (χ3v) is 4.19. The van der Waals surface area contributed by atoms with Crippen molar-refractivity contribution in [2.75, 3.05) is 0 Å². The van der Waals surface area contributed by atoms with E-state index in [9.17, 15) is 14.4 Å². The molecule has 2 aromatic heterocycles. The molecule has 0 saturated carbocycles. The maximum atomic E-state index is 12.2. The summed E-state index contributed by atoms with van der Waals surface area (Å²) < 4.78 is 1.03. The number of hydrogen-bond donors (Lipinski definition) is 2. The van der Waals surface area contributed by atoms with Crippen LogP contribution in [0.4, 0.5) is 0 Å². The van der Waals surface area contributed by atoms with Crippen molar-refractivity contribution in [2.24, 2.45) is 5.73 Å². The number of nitrogens with one attached hydrogen (secondary N) is 1. The number of rotatable bonds is 6. The molecule has 0 fully saturated rings. The molecule has 3 N–H and O–H groups in total. The summed E-state index contributed by atoms with van der Waals surface area (Å²) in [5.74, 6) is -0.537. The highest BCUT2D eigenvalue weighted by molar-refractivity contribution is 7.18. The molecule has 0 spiro atoms. The van der Waals surface area contributed by atoms with Gasteiger partial charge in [0.15, 0.2) is 0 Å². The minimum Gasteiger partial charge on any atom is -0.370 e. The molecule has 6 nitrogen and oxygen atoms in total. The summed E-state index contributed by atoms with van der Waals surface area (Å²) >= 11 is 1.44. The first-order chi connectivity index (χ1) is 9.52. The molecule has 2 heterocycles. The van der Waals surface area contributed by atoms with Crippen molar-refractivity contribution >= 4 is 27.5 Å². The highest BCUT2D eigenvalue weighted by Crippen LogP contribution is 2.21. The second-order valence-electron chi connectivity index (χ2n) is 4.66. The number of carbonyl (C=O) groups is 1. The number of thiophene rings is 1. The van der Waals surface area contributed by atoms with Gasteiger partial charge in [-0.1, -0.05) is 13.3 Å². The van der Waals surface area contributed by atoms with Gasteiger partial charge in [-0.3, -0.25) is 19.1 Å². The van der Waals surface area contributed by atoms with Crippen molar-refractivity contribution in [3.05, 3.63) is 31.8 Å². The topological polar surface area (TPSA) is 97.9 Å². The number of unbranched alkanes of at least 4 members (excludes halogenated alkanes) is 1. The largest absolute Gasteiger partial charge is 0.370 e. The second kappa shape index (κ2) is 6.04. The van der Waals surface area contributed by atoms with Gasteiger partial charge in [0.2, 0.25) is 5.91 Å². The van der Waals surface area contributed by atoms with Crippen LogP contribution in [0.25, 0.3) is 10.2 Å². The van der Waals surface area contributed by atoms with Crippen molar-refractivity contribution in [2.45, 2.75) is 39.2 Å². The van der Waals surface area contributed by atoms with Gasteiger partial charge < -0.3 is 5.73 Å². The number of nitrogens with zero attached hydrogens (tertiary/aromatic N) is 1. The highest BCUT2D eigenvalue weighted by Gasteiger charge is 2.11. The van der Waals surface area contributed by atoms with Crippen LogP contribution in [0, 0.1) is 0 Å². The second-order valence-corrected chi connectivity index (χ2v) is 5.80. The zero-order valence-corrected chi connectivity index (χ0v) is 12.1. The maximum absolute atomic E-state index is 12.2. The molecule has 0 bridgehead atoms. The lowest BCUT2D eigenvalue weighted by atomic mass is 10.2. The van der Waals surface area contributed by atoms with Crippen molar-refractivity contribution in [1.82, 2.24) is 9.55 Å². The number of primary amides is 1. The molecule has 20 heavy (non-hydrogen) atoms. The first-order valence-corrected chi connectivity index (χ1v) is 7.38. The standard InChI is InChI=1S/C13H17N3O3S/c1-2-3-4-8-7-9-11(20-8)15-13(19)16(12(9)18)6-5-10(14)17/h7H,2-6H2,1H3,(H2,14,17)(H,15,19). The third kappa shape index (κ3) is 2.98. The molecule has 2 aromatic rings. The van der Waals surface area contributed by atoms with Gasteiger partial charge in [0.1, 0.15) is 4.83 Å². The Morgan fingerprint density at radius 3 is 2.85 bits per heavy atom. The molecule has 0 atom stereocenters. The van der Waals surface area contributed by atoms with Gasteiger partial charge in [0.25, 0.3) is 5.56 Å². The van der Waals surface area contributed by atoms with Crippen LogP contribution in [0.1, 0.15) is 31.1 Å². The van der Waals surface area contributed by atoms with Gasteiger partial charge >= 0.3 is 5.69 Å². The molecule has 0 aliphatic carbocycles. The lowest BCUT2D eigenvalue weighted by Gasteiger charge is -2.02. The Balaban J connectivity index is 2.43. The van der Waals surface area contributed by atoms with Crippen molar-refractivity contribution < 1.29 is 4.79 Å². The van der Waals surface area contributed by atoms with Crippen LogP contribution in [0.15, 0.2) is 15.7 Å². The van der Waals surface area contributed by atoms with Crippen LogP contribution in [0.3, 0.4) is 0 Å². The van der Waals surface area contributed by atoms with Gasteiger partial charge in [-0.25, -0.2) is 4.79 Å². The molecular weight excluding hydrogens is 278 g/mol. The highest BCUT2D eigenvalue weighted by atomic mass is 32.1. The molecule has 7 heteroatoms. The molecular formula is C13H17N3O3S. The maximum Gasteiger partial charge on any atom is 0.329 e. The first-order valence-electron chi connectivity index (χ1n) is 6.56. The molecule has 2 rings (SSSR count). The number of nitrogens with two attached hydrogens (primary N) is 1. The number of H-pyrrole nitrogens is 1. The Morgan fingerprint density at radius 1 is 1.45 bits per heavy atom. The Hall–Kier alpha value is -1.89. The van der Waals surface area contributed by atoms with Crippen molar-refractivity contribution in [1.29, 1.82) is 0 Å². The van der Waals surface area contributed by atoms with Crippen LogP contribution in [0.2, 0.25) is 0 Å². The monoisotopic (exact) mass is 295 g/mol. The van der Waals surface area contributed by atoms with E-state index in [1.165, 1.54) is 11.3 Å². The lowest BCUT2D eigenvalue weighted by molar-refractivity contribution is -0.118. The number of hydrogen-bond acceptors (Lipinski definition) is 4. The predicted octanol–water partition coefficient (Wildman–Crippen LogP) is 0.969. The molecule has 0 radical (unpaired) electrons. The fraction of sp³-hybridized carbons (Fsp3) is 0.462. The van der Waals surface area contributed by atoms with Gasteiger partial charge in [-0.2, -0.15) is 0 Å². The smallest absolute Gasteiger partial charge is 0.329 e. The van der Waals surface area contributed by atoms with Gasteiger partial charge in [-0.05, 0) is 18.9 Å². The van der Waals surface area contributed by atoms with E-state index in [2.05, 4.69) is 11.9 Å². The Kier molecular flexibility index (Phi) is 4.39. The van der Waals surface area contributed by atoms with E-state index in [1.807, 2.05) is 6.07 Å². The molecule has 1 amide bonds. The number of amides is 1. The van der Waals surface area contributed by atoms with Gasteiger partial charge in [-0.15, -0.1) is 11.3 Å². The van der Waals surface area contributed by atoms with E-state index >= 15 is 0 Å². The minimum atomic E-state index is -0.537. The molecule has 0 aromatic carbocycles. The Bertz CT molecular complexity index is 741. The normalized spacial score (nSPS) is 11.1. The summed E-state index contributed by atoms with van der Waals surface area (Å²) in [6.45, 7) is 2.12. The van der Waals surface area contributed by atoms with Crippen LogP contribution < -0.4 is 17.0 Å². The summed E-state index contributed by atoms with van der Waals surface area (Å²) in [5, 5.41) is 0.505. The van der Waals surface area contributed by atoms with E-state index < -0.39 is 11.6 Å². The molecule has 0 unspecified atom stereocenters. The fourth-order valence-electron chi connectivity index (χ4n) is 2.00. The van der Waals surface area contributed by atoms with Gasteiger partial charge in [0.05, 0.1) is 5.39 Å². The van der Waals surface area contributed by atoms with E-state index in [0.29, 0.717) is 10.2 Å². The zero-order valence-electron chi connectivity index (χ0n) is 11.3. The van der Waals surface area contributed by atoms with Crippen LogP contribution in [0.5, 0.6) is 0 Å². The van der Waals surface area contributed by atoms with Crippen LogP contribution in [-0.2, 0) is 17.8 Å². The van der Waals surface area contributed by atoms with E-state index in [-0.39, 0.29) is 18.5 Å². The quantitative estimate of drug-likeness (QED) is 0.830. The molecule has 108 valence electrons. The zero-order chi connectivity index (χ0) is 14.7. The first kappa shape index (κ1) is 14.5. The van der Waals surface area contributed by atoms with Gasteiger partial charge in [0, 0.05) is 17.8 Å². The lowest BCUT2D eigenvalue weighted by Crippen LogP contribution is -2.35. The Labute approximate surface area is 119 Å². The van der Waals surface area contributed by atoms with Crippen molar-refractivity contribution in [3.63, 3.8) is 0 Å². The Morgan fingerprint density at radius 2 is 2.20 bits per heavy atom. The number of aromatic amines is 1. The molecule has 0 aliphatic heterocycles. The van der Waals surface area contributed by atoms with Crippen LogP contribution in [-0.4, -0.2) is 15.5 Å². The van der Waals surface area contributed by atoms with E-state index in [1.54, 1.807) is 0 Å². The number of fused-ring (bicyclic) bond motifs is 1. The SMILES string of the molecule is CCCCc1cc2c(=O)n(CCC(N)=O)c(=O)[nH]c2s1. The summed E-state index contributed by atoms with van der Waals surface area (Å²) in [6, 6.07) is 1.83. The van der Waals surface area contributed by atoms with Crippen LogP contribution >= 0.6 is 11.3 Å². The van der Waals surface area contributed by atoms with Crippen molar-refractivity contribution in [3.8, 4) is 0 Å². The summed E-state index contributed by atoms with van der Waals surface area (Å²) in [6.07, 6.45) is 3.00. The summed E-state index contributed by atoms with van der Waals surface area (Å²) in [4.78, 5) is 39.3. The summed E-state index contributed by atoms with van der Waals surface area (Å²) in [5.41, 5.74) is 4.20. The van der Waals surface area contributed by atoms with E-state index in [0.717, 1.165) is 28.7 Å². The fourth-order valence-corrected chi connectivity index (χ4v) is 3.08.